The molecule has 0 radical (unpaired) electrons. The summed E-state index contributed by atoms with van der Waals surface area (Å²) in [6, 6.07) is 20.6. The van der Waals surface area contributed by atoms with Crippen LogP contribution in [0.4, 0.5) is 0 Å². The third-order valence-electron chi connectivity index (χ3n) is 4.05. The van der Waals surface area contributed by atoms with Gasteiger partial charge in [0.25, 0.3) is 0 Å². The SMILES string of the molecule is O.O.O=C(O)c1ccc(C(=O)O)c(P(=O)(c2ccccc2)c2ccccc2)c1. The third kappa shape index (κ3) is 4.02. The Hall–Kier alpha value is -3.25. The van der Waals surface area contributed by atoms with Crippen molar-refractivity contribution in [2.75, 3.05) is 0 Å². The maximum absolute atomic E-state index is 14.3. The summed E-state index contributed by atoms with van der Waals surface area (Å²) in [6.07, 6.45) is 0. The van der Waals surface area contributed by atoms with Gasteiger partial charge in [0, 0.05) is 15.9 Å². The van der Waals surface area contributed by atoms with E-state index in [1.807, 2.05) is 0 Å². The normalized spacial score (nSPS) is 10.3. The molecule has 0 saturated carbocycles. The second-order valence-corrected chi connectivity index (χ2v) is 8.36. The monoisotopic (exact) mass is 402 g/mol. The number of carboxylic acids is 2. The Morgan fingerprint density at radius 1 is 0.679 bits per heavy atom. The van der Waals surface area contributed by atoms with Crippen LogP contribution >= 0.6 is 7.14 Å². The smallest absolute Gasteiger partial charge is 0.336 e. The van der Waals surface area contributed by atoms with Gasteiger partial charge in [-0.2, -0.15) is 0 Å². The Morgan fingerprint density at radius 2 is 1.14 bits per heavy atom. The standard InChI is InChI=1S/C20H15O5P.2H2O/c21-19(22)14-11-12-17(20(23)24)18(13-14)26(25,15-7-3-1-4-8-15)16-9-5-2-6-10-16;;/h1-13H,(H,21,22)(H,23,24);2*1H2. The topological polar surface area (TPSA) is 155 Å². The molecule has 0 heterocycles. The predicted molar refractivity (Wildman–Crippen MR) is 107 cm³/mol. The Morgan fingerprint density at radius 3 is 1.54 bits per heavy atom. The van der Waals surface area contributed by atoms with Crippen LogP contribution in [0.1, 0.15) is 20.7 Å². The molecule has 8 heteroatoms. The van der Waals surface area contributed by atoms with Gasteiger partial charge in [0.05, 0.1) is 11.1 Å². The van der Waals surface area contributed by atoms with Gasteiger partial charge in [-0.05, 0) is 18.2 Å². The fourth-order valence-electron chi connectivity index (χ4n) is 2.81. The molecule has 3 rings (SSSR count). The van der Waals surface area contributed by atoms with Gasteiger partial charge in [-0.25, -0.2) is 9.59 Å². The van der Waals surface area contributed by atoms with E-state index in [0.717, 1.165) is 0 Å². The molecule has 0 aliphatic carbocycles. The average Bonchev–Trinajstić information content (AvgIpc) is 2.68. The minimum atomic E-state index is -3.58. The molecule has 0 atom stereocenters. The highest BCUT2D eigenvalue weighted by Gasteiger charge is 2.34. The molecule has 0 aliphatic heterocycles. The van der Waals surface area contributed by atoms with Crippen molar-refractivity contribution in [3.8, 4) is 0 Å². The first-order valence-electron chi connectivity index (χ1n) is 7.77. The second-order valence-electron chi connectivity index (χ2n) is 5.62. The van der Waals surface area contributed by atoms with Gasteiger partial charge in [0.2, 0.25) is 0 Å². The molecule has 0 amide bonds. The summed E-state index contributed by atoms with van der Waals surface area (Å²) >= 11 is 0. The van der Waals surface area contributed by atoms with E-state index in [9.17, 15) is 24.4 Å². The molecule has 6 N–H and O–H groups in total. The fraction of sp³-hybridized carbons (Fsp3) is 0. The Balaban J connectivity index is 0.00000196. The molecular weight excluding hydrogens is 383 g/mol. The summed E-state index contributed by atoms with van der Waals surface area (Å²) < 4.78 is 14.3. The van der Waals surface area contributed by atoms with Crippen LogP contribution in [0.2, 0.25) is 0 Å². The van der Waals surface area contributed by atoms with Crippen molar-refractivity contribution in [3.63, 3.8) is 0 Å². The van der Waals surface area contributed by atoms with Crippen molar-refractivity contribution in [2.24, 2.45) is 0 Å². The second kappa shape index (κ2) is 9.10. The molecule has 146 valence electrons. The number of carboxylic acid groups (broad SMARTS) is 2. The average molecular weight is 402 g/mol. The predicted octanol–water partition coefficient (Wildman–Crippen LogP) is 1.07. The number of hydrogen-bond acceptors (Lipinski definition) is 3. The summed E-state index contributed by atoms with van der Waals surface area (Å²) in [5.41, 5.74) is -0.289. The van der Waals surface area contributed by atoms with Crippen LogP contribution in [0.25, 0.3) is 0 Å². The molecule has 0 aromatic heterocycles. The molecule has 0 aliphatic rings. The van der Waals surface area contributed by atoms with Crippen molar-refractivity contribution in [2.45, 2.75) is 0 Å². The minimum absolute atomic E-state index is 0. The van der Waals surface area contributed by atoms with E-state index in [0.29, 0.717) is 10.6 Å². The highest BCUT2D eigenvalue weighted by Crippen LogP contribution is 2.43. The minimum Gasteiger partial charge on any atom is -0.478 e. The largest absolute Gasteiger partial charge is 0.478 e. The lowest BCUT2D eigenvalue weighted by atomic mass is 10.1. The summed E-state index contributed by atoms with van der Waals surface area (Å²) in [7, 11) is -3.58. The highest BCUT2D eigenvalue weighted by molar-refractivity contribution is 7.85. The van der Waals surface area contributed by atoms with Crippen molar-refractivity contribution < 1.29 is 35.3 Å². The lowest BCUT2D eigenvalue weighted by molar-refractivity contribution is 0.0682. The van der Waals surface area contributed by atoms with E-state index in [4.69, 9.17) is 0 Å². The summed E-state index contributed by atoms with van der Waals surface area (Å²) in [5, 5.41) is 19.8. The lowest BCUT2D eigenvalue weighted by Crippen LogP contribution is -2.29. The number of benzene rings is 3. The van der Waals surface area contributed by atoms with Crippen LogP contribution in [0.15, 0.2) is 78.9 Å². The van der Waals surface area contributed by atoms with Crippen molar-refractivity contribution >= 4 is 35.0 Å². The first-order chi connectivity index (χ1) is 12.4. The van der Waals surface area contributed by atoms with Gasteiger partial charge < -0.3 is 25.7 Å². The summed E-state index contributed by atoms with van der Waals surface area (Å²) in [5.74, 6) is -2.47. The van der Waals surface area contributed by atoms with Crippen LogP contribution in [-0.4, -0.2) is 33.1 Å². The quantitative estimate of drug-likeness (QED) is 0.611. The third-order valence-corrected chi connectivity index (χ3v) is 7.15. The van der Waals surface area contributed by atoms with E-state index in [2.05, 4.69) is 0 Å². The summed E-state index contributed by atoms with van der Waals surface area (Å²) in [6.45, 7) is 0. The Labute approximate surface area is 160 Å². The van der Waals surface area contributed by atoms with Gasteiger partial charge in [0.15, 0.2) is 7.14 Å². The molecule has 3 aromatic carbocycles. The molecule has 3 aromatic rings. The zero-order valence-electron chi connectivity index (χ0n) is 14.6. The molecule has 0 bridgehead atoms. The molecule has 0 unspecified atom stereocenters. The van der Waals surface area contributed by atoms with Crippen molar-refractivity contribution in [1.82, 2.24) is 0 Å². The lowest BCUT2D eigenvalue weighted by Gasteiger charge is -2.22. The zero-order chi connectivity index (χ0) is 18.7. The van der Waals surface area contributed by atoms with Crippen LogP contribution in [0.3, 0.4) is 0 Å². The molecular formula is C20H19O7P. The first-order valence-corrected chi connectivity index (χ1v) is 9.48. The van der Waals surface area contributed by atoms with Crippen molar-refractivity contribution in [1.29, 1.82) is 0 Å². The van der Waals surface area contributed by atoms with E-state index in [1.54, 1.807) is 60.7 Å². The van der Waals surface area contributed by atoms with E-state index < -0.39 is 19.1 Å². The van der Waals surface area contributed by atoms with Crippen LogP contribution in [0.5, 0.6) is 0 Å². The van der Waals surface area contributed by atoms with Gasteiger partial charge in [-0.3, -0.25) is 0 Å². The van der Waals surface area contributed by atoms with Crippen molar-refractivity contribution in [3.05, 3.63) is 90.0 Å². The summed E-state index contributed by atoms with van der Waals surface area (Å²) in [4.78, 5) is 23.1. The maximum Gasteiger partial charge on any atom is 0.336 e. The molecule has 0 fully saturated rings. The molecule has 0 saturated heterocycles. The number of hydrogen-bond donors (Lipinski definition) is 2. The van der Waals surface area contributed by atoms with Gasteiger partial charge in [-0.1, -0.05) is 60.7 Å². The number of aromatic carboxylic acids is 2. The van der Waals surface area contributed by atoms with E-state index in [-0.39, 0.29) is 27.4 Å². The van der Waals surface area contributed by atoms with Crippen LogP contribution in [-0.2, 0) is 4.57 Å². The number of rotatable bonds is 5. The highest BCUT2D eigenvalue weighted by atomic mass is 31.2. The Kier molecular flexibility index (Phi) is 7.41. The molecule has 7 nitrogen and oxygen atoms in total. The van der Waals surface area contributed by atoms with Gasteiger partial charge in [-0.15, -0.1) is 0 Å². The fourth-order valence-corrected chi connectivity index (χ4v) is 5.68. The number of carbonyl (C=O) groups is 2. The van der Waals surface area contributed by atoms with E-state index >= 15 is 0 Å². The van der Waals surface area contributed by atoms with E-state index in [1.165, 1.54) is 18.2 Å². The first kappa shape index (κ1) is 22.8. The van der Waals surface area contributed by atoms with Crippen LogP contribution < -0.4 is 15.9 Å². The van der Waals surface area contributed by atoms with Crippen LogP contribution in [0, 0.1) is 0 Å². The Bertz CT molecular complexity index is 974. The zero-order valence-corrected chi connectivity index (χ0v) is 15.5. The maximum atomic E-state index is 14.3. The molecule has 28 heavy (non-hydrogen) atoms. The molecule has 0 spiro atoms. The van der Waals surface area contributed by atoms with Gasteiger partial charge >= 0.3 is 11.9 Å². The van der Waals surface area contributed by atoms with Gasteiger partial charge in [0.1, 0.15) is 0 Å².